The van der Waals surface area contributed by atoms with E-state index in [9.17, 15) is 9.50 Å². The highest BCUT2D eigenvalue weighted by molar-refractivity contribution is 5.57. The summed E-state index contributed by atoms with van der Waals surface area (Å²) in [5.74, 6) is 0. The normalized spacial score (nSPS) is 16.0. The quantitative estimate of drug-likeness (QED) is 0.930. The Morgan fingerprint density at radius 3 is 2.41 bits per heavy atom. The van der Waals surface area contributed by atoms with Crippen LogP contribution in [0.15, 0.2) is 48.5 Å². The van der Waals surface area contributed by atoms with Crippen molar-refractivity contribution in [3.05, 3.63) is 65.2 Å². The van der Waals surface area contributed by atoms with Gasteiger partial charge < -0.3 is 10.0 Å². The van der Waals surface area contributed by atoms with Gasteiger partial charge in [0.15, 0.2) is 0 Å². The van der Waals surface area contributed by atoms with Gasteiger partial charge in [-0.2, -0.15) is 0 Å². The van der Waals surface area contributed by atoms with E-state index in [-0.39, 0.29) is 6.10 Å². The SMILES string of the molecule is OC1CCN(c2ccc(CF)cc2Cc2ccccc2)CC1. The van der Waals surface area contributed by atoms with Crippen LogP contribution in [0.1, 0.15) is 29.5 Å². The van der Waals surface area contributed by atoms with Gasteiger partial charge in [-0.1, -0.05) is 42.5 Å². The average molecular weight is 299 g/mol. The van der Waals surface area contributed by atoms with Gasteiger partial charge in [-0.25, -0.2) is 4.39 Å². The maximum absolute atomic E-state index is 13.0. The minimum atomic E-state index is -0.430. The standard InChI is InChI=1S/C19H22FNO/c20-14-16-6-7-19(21-10-8-18(22)9-11-21)17(13-16)12-15-4-2-1-3-5-15/h1-7,13,18,22H,8-12,14H2. The van der Waals surface area contributed by atoms with Gasteiger partial charge in [-0.3, -0.25) is 0 Å². The van der Waals surface area contributed by atoms with Gasteiger partial charge in [-0.15, -0.1) is 0 Å². The lowest BCUT2D eigenvalue weighted by atomic mass is 9.98. The van der Waals surface area contributed by atoms with Crippen molar-refractivity contribution in [3.63, 3.8) is 0 Å². The van der Waals surface area contributed by atoms with Crippen molar-refractivity contribution < 1.29 is 9.50 Å². The van der Waals surface area contributed by atoms with Crippen LogP contribution in [0.25, 0.3) is 0 Å². The van der Waals surface area contributed by atoms with Gasteiger partial charge in [0, 0.05) is 18.8 Å². The fourth-order valence-electron chi connectivity index (χ4n) is 3.09. The molecule has 0 radical (unpaired) electrons. The lowest BCUT2D eigenvalue weighted by molar-refractivity contribution is 0.145. The van der Waals surface area contributed by atoms with Gasteiger partial charge in [0.1, 0.15) is 6.67 Å². The third-order valence-electron chi connectivity index (χ3n) is 4.34. The number of anilines is 1. The van der Waals surface area contributed by atoms with Gasteiger partial charge in [-0.05, 0) is 42.0 Å². The summed E-state index contributed by atoms with van der Waals surface area (Å²) >= 11 is 0. The average Bonchev–Trinajstić information content (AvgIpc) is 2.57. The van der Waals surface area contributed by atoms with Crippen LogP contribution < -0.4 is 4.90 Å². The Kier molecular flexibility index (Phi) is 4.74. The summed E-state index contributed by atoms with van der Waals surface area (Å²) in [6, 6.07) is 16.2. The van der Waals surface area contributed by atoms with E-state index in [1.165, 1.54) is 11.3 Å². The largest absolute Gasteiger partial charge is 0.393 e. The number of aliphatic hydroxyl groups is 1. The third-order valence-corrected chi connectivity index (χ3v) is 4.34. The Morgan fingerprint density at radius 2 is 1.73 bits per heavy atom. The van der Waals surface area contributed by atoms with Crippen molar-refractivity contribution in [1.29, 1.82) is 0 Å². The minimum absolute atomic E-state index is 0.182. The van der Waals surface area contributed by atoms with Gasteiger partial charge in [0.2, 0.25) is 0 Å². The van der Waals surface area contributed by atoms with Crippen LogP contribution in [0.2, 0.25) is 0 Å². The van der Waals surface area contributed by atoms with Crippen LogP contribution in [0.5, 0.6) is 0 Å². The van der Waals surface area contributed by atoms with E-state index in [0.717, 1.165) is 43.5 Å². The molecule has 1 fully saturated rings. The zero-order chi connectivity index (χ0) is 15.4. The molecule has 3 rings (SSSR count). The highest BCUT2D eigenvalue weighted by atomic mass is 19.1. The Balaban J connectivity index is 1.88. The van der Waals surface area contributed by atoms with Crippen molar-refractivity contribution in [2.24, 2.45) is 0 Å². The summed E-state index contributed by atoms with van der Waals surface area (Å²) < 4.78 is 13.0. The van der Waals surface area contributed by atoms with Gasteiger partial charge in [0.05, 0.1) is 6.10 Å². The summed E-state index contributed by atoms with van der Waals surface area (Å²) in [6.45, 7) is 1.29. The van der Waals surface area contributed by atoms with Crippen molar-refractivity contribution in [3.8, 4) is 0 Å². The number of piperidine rings is 1. The lowest BCUT2D eigenvalue weighted by Crippen LogP contribution is -2.36. The first-order valence-electron chi connectivity index (χ1n) is 7.91. The molecule has 0 saturated carbocycles. The predicted molar refractivity (Wildman–Crippen MR) is 88.0 cm³/mol. The van der Waals surface area contributed by atoms with Gasteiger partial charge >= 0.3 is 0 Å². The number of hydrogen-bond acceptors (Lipinski definition) is 2. The second kappa shape index (κ2) is 6.93. The van der Waals surface area contributed by atoms with Crippen LogP contribution in [0.4, 0.5) is 10.1 Å². The highest BCUT2D eigenvalue weighted by Crippen LogP contribution is 2.28. The molecule has 2 aromatic rings. The van der Waals surface area contributed by atoms with Crippen LogP contribution in [0.3, 0.4) is 0 Å². The predicted octanol–water partition coefficient (Wildman–Crippen LogP) is 3.71. The van der Waals surface area contributed by atoms with E-state index >= 15 is 0 Å². The molecule has 1 aliphatic rings. The van der Waals surface area contributed by atoms with Crippen LogP contribution in [-0.2, 0) is 13.1 Å². The van der Waals surface area contributed by atoms with Crippen LogP contribution >= 0.6 is 0 Å². The Morgan fingerprint density at radius 1 is 1.00 bits per heavy atom. The Hall–Kier alpha value is -1.87. The number of benzene rings is 2. The first kappa shape index (κ1) is 15.0. The summed E-state index contributed by atoms with van der Waals surface area (Å²) in [5, 5.41) is 9.68. The summed E-state index contributed by atoms with van der Waals surface area (Å²) in [7, 11) is 0. The molecule has 1 aliphatic heterocycles. The molecule has 0 aliphatic carbocycles. The second-order valence-electron chi connectivity index (χ2n) is 5.98. The molecular formula is C19H22FNO. The first-order chi connectivity index (χ1) is 10.8. The Labute approximate surface area is 131 Å². The maximum Gasteiger partial charge on any atom is 0.115 e. The summed E-state index contributed by atoms with van der Waals surface area (Å²) in [4.78, 5) is 2.31. The molecule has 1 heterocycles. The van der Waals surface area contributed by atoms with Crippen molar-refractivity contribution in [1.82, 2.24) is 0 Å². The number of alkyl halides is 1. The summed E-state index contributed by atoms with van der Waals surface area (Å²) in [6.07, 6.45) is 2.23. The molecule has 0 bridgehead atoms. The third kappa shape index (κ3) is 3.47. The summed E-state index contributed by atoms with van der Waals surface area (Å²) in [5.41, 5.74) is 4.30. The van der Waals surface area contributed by atoms with E-state index in [1.807, 2.05) is 36.4 Å². The first-order valence-corrected chi connectivity index (χ1v) is 7.91. The molecule has 2 nitrogen and oxygen atoms in total. The van der Waals surface area contributed by atoms with Crippen molar-refractivity contribution in [2.45, 2.75) is 32.0 Å². The molecule has 0 spiro atoms. The van der Waals surface area contributed by atoms with E-state index in [0.29, 0.717) is 0 Å². The van der Waals surface area contributed by atoms with Crippen LogP contribution in [0, 0.1) is 0 Å². The number of rotatable bonds is 4. The molecule has 1 N–H and O–H groups in total. The van der Waals surface area contributed by atoms with Crippen LogP contribution in [-0.4, -0.2) is 24.3 Å². The number of halogens is 1. The number of nitrogens with zero attached hydrogens (tertiary/aromatic N) is 1. The molecule has 0 amide bonds. The van der Waals surface area contributed by atoms with Gasteiger partial charge in [0.25, 0.3) is 0 Å². The van der Waals surface area contributed by atoms with E-state index in [1.54, 1.807) is 0 Å². The molecule has 3 heteroatoms. The Bertz CT molecular complexity index is 606. The lowest BCUT2D eigenvalue weighted by Gasteiger charge is -2.33. The minimum Gasteiger partial charge on any atom is -0.393 e. The maximum atomic E-state index is 13.0. The molecule has 22 heavy (non-hydrogen) atoms. The smallest absolute Gasteiger partial charge is 0.115 e. The number of hydrogen-bond donors (Lipinski definition) is 1. The zero-order valence-electron chi connectivity index (χ0n) is 12.7. The topological polar surface area (TPSA) is 23.5 Å². The second-order valence-corrected chi connectivity index (χ2v) is 5.98. The van der Waals surface area contributed by atoms with E-state index in [2.05, 4.69) is 17.0 Å². The molecule has 2 aromatic carbocycles. The molecular weight excluding hydrogens is 277 g/mol. The fraction of sp³-hybridized carbons (Fsp3) is 0.368. The van der Waals surface area contributed by atoms with Crippen molar-refractivity contribution in [2.75, 3.05) is 18.0 Å². The van der Waals surface area contributed by atoms with E-state index in [4.69, 9.17) is 0 Å². The molecule has 0 aromatic heterocycles. The van der Waals surface area contributed by atoms with Crippen molar-refractivity contribution >= 4 is 5.69 Å². The van der Waals surface area contributed by atoms with E-state index < -0.39 is 6.67 Å². The highest BCUT2D eigenvalue weighted by Gasteiger charge is 2.19. The zero-order valence-corrected chi connectivity index (χ0v) is 12.7. The fourth-order valence-corrected chi connectivity index (χ4v) is 3.09. The molecule has 0 unspecified atom stereocenters. The monoisotopic (exact) mass is 299 g/mol. The number of aliphatic hydroxyl groups excluding tert-OH is 1. The molecule has 116 valence electrons. The molecule has 0 atom stereocenters. The molecule has 1 saturated heterocycles.